The summed E-state index contributed by atoms with van der Waals surface area (Å²) in [6, 6.07) is 0.639. The lowest BCUT2D eigenvalue weighted by molar-refractivity contribution is -0.101. The van der Waals surface area contributed by atoms with Crippen LogP contribution in [-0.4, -0.2) is 66.8 Å². The Morgan fingerprint density at radius 1 is 1.15 bits per heavy atom. The summed E-state index contributed by atoms with van der Waals surface area (Å²) in [4.78, 5) is 5.36. The Hall–Kier alpha value is -0.160. The van der Waals surface area contributed by atoms with Crippen molar-refractivity contribution >= 4 is 0 Å². The number of nitrogens with zero attached hydrogens (tertiary/aromatic N) is 2. The maximum atomic E-state index is 6.31. The van der Waals surface area contributed by atoms with Crippen molar-refractivity contribution in [3.8, 4) is 0 Å². The summed E-state index contributed by atoms with van der Waals surface area (Å²) in [5, 5.41) is 0. The van der Waals surface area contributed by atoms with Crippen molar-refractivity contribution in [1.29, 1.82) is 0 Å². The van der Waals surface area contributed by atoms with Crippen LogP contribution in [0.5, 0.6) is 0 Å². The van der Waals surface area contributed by atoms with Crippen LogP contribution in [0.1, 0.15) is 45.4 Å². The molecule has 3 fully saturated rings. The Morgan fingerprint density at radius 2 is 2.05 bits per heavy atom. The maximum absolute atomic E-state index is 6.31. The molecule has 0 radical (unpaired) electrons. The van der Waals surface area contributed by atoms with Crippen LogP contribution in [0.15, 0.2) is 0 Å². The Balaban J connectivity index is 1.76. The first-order valence-corrected chi connectivity index (χ1v) is 8.60. The van der Waals surface area contributed by atoms with Crippen LogP contribution < -0.4 is 5.73 Å². The highest BCUT2D eigenvalue weighted by atomic mass is 16.5. The fourth-order valence-electron chi connectivity index (χ4n) is 4.67. The van der Waals surface area contributed by atoms with E-state index in [4.69, 9.17) is 10.5 Å². The van der Waals surface area contributed by atoms with Crippen molar-refractivity contribution < 1.29 is 4.74 Å². The highest BCUT2D eigenvalue weighted by molar-refractivity contribution is 5.02. The first kappa shape index (κ1) is 14.8. The lowest BCUT2D eigenvalue weighted by Gasteiger charge is -2.50. The first-order chi connectivity index (χ1) is 9.79. The van der Waals surface area contributed by atoms with Gasteiger partial charge in [0.2, 0.25) is 0 Å². The fraction of sp³-hybridized carbons (Fsp3) is 1.00. The first-order valence-electron chi connectivity index (χ1n) is 8.60. The second kappa shape index (κ2) is 6.30. The molecule has 3 unspecified atom stereocenters. The van der Waals surface area contributed by atoms with E-state index >= 15 is 0 Å². The van der Waals surface area contributed by atoms with Crippen LogP contribution >= 0.6 is 0 Å². The predicted octanol–water partition coefficient (Wildman–Crippen LogP) is 1.44. The number of fused-ring (bicyclic) bond motifs is 1. The molecule has 2 heterocycles. The molecule has 0 bridgehead atoms. The smallest absolute Gasteiger partial charge is 0.0731 e. The molecule has 0 aromatic carbocycles. The standard InChI is InChI=1S/C16H31N3O/c1-2-18-9-4-7-16(13-17,8-10-18)19-11-12-20-15-6-3-5-14(15)19/h14-15H,2-13,17H2,1H3. The zero-order valence-electron chi connectivity index (χ0n) is 13.0. The third-order valence-electron chi connectivity index (χ3n) is 5.93. The van der Waals surface area contributed by atoms with Crippen LogP contribution in [-0.2, 0) is 4.74 Å². The predicted molar refractivity (Wildman–Crippen MR) is 81.8 cm³/mol. The quantitative estimate of drug-likeness (QED) is 0.850. The Bertz CT molecular complexity index is 325. The molecular formula is C16H31N3O. The molecule has 1 saturated carbocycles. The molecule has 0 aromatic heterocycles. The van der Waals surface area contributed by atoms with E-state index in [9.17, 15) is 0 Å². The monoisotopic (exact) mass is 281 g/mol. The van der Waals surface area contributed by atoms with Gasteiger partial charge in [-0.05, 0) is 58.2 Å². The van der Waals surface area contributed by atoms with Gasteiger partial charge in [-0.25, -0.2) is 0 Å². The van der Waals surface area contributed by atoms with Gasteiger partial charge in [-0.1, -0.05) is 6.92 Å². The van der Waals surface area contributed by atoms with E-state index in [-0.39, 0.29) is 5.54 Å². The van der Waals surface area contributed by atoms with Crippen molar-refractivity contribution in [3.63, 3.8) is 0 Å². The highest BCUT2D eigenvalue weighted by Crippen LogP contribution is 2.38. The van der Waals surface area contributed by atoms with Gasteiger partial charge in [0.15, 0.2) is 0 Å². The summed E-state index contributed by atoms with van der Waals surface area (Å²) in [5.74, 6) is 0. The molecule has 0 aromatic rings. The van der Waals surface area contributed by atoms with Crippen molar-refractivity contribution in [2.24, 2.45) is 5.73 Å². The van der Waals surface area contributed by atoms with Gasteiger partial charge in [0.05, 0.1) is 12.7 Å². The zero-order chi connectivity index (χ0) is 14.0. The number of ether oxygens (including phenoxy) is 1. The molecule has 1 aliphatic carbocycles. The van der Waals surface area contributed by atoms with Crippen LogP contribution in [0.3, 0.4) is 0 Å². The van der Waals surface area contributed by atoms with Crippen molar-refractivity contribution in [2.75, 3.05) is 39.3 Å². The van der Waals surface area contributed by atoms with E-state index in [1.165, 1.54) is 58.2 Å². The molecular weight excluding hydrogens is 250 g/mol. The summed E-state index contributed by atoms with van der Waals surface area (Å²) in [7, 11) is 0. The molecule has 3 rings (SSSR count). The molecule has 2 N–H and O–H groups in total. The van der Waals surface area contributed by atoms with E-state index in [0.29, 0.717) is 12.1 Å². The molecule has 3 atom stereocenters. The molecule has 0 spiro atoms. The minimum absolute atomic E-state index is 0.237. The van der Waals surface area contributed by atoms with E-state index in [1.807, 2.05) is 0 Å². The summed E-state index contributed by atoms with van der Waals surface area (Å²) >= 11 is 0. The van der Waals surface area contributed by atoms with Crippen LogP contribution in [0, 0.1) is 0 Å². The van der Waals surface area contributed by atoms with Gasteiger partial charge >= 0.3 is 0 Å². The molecule has 0 amide bonds. The van der Waals surface area contributed by atoms with E-state index in [1.54, 1.807) is 0 Å². The third kappa shape index (κ3) is 2.63. The largest absolute Gasteiger partial charge is 0.375 e. The van der Waals surface area contributed by atoms with Crippen molar-refractivity contribution in [3.05, 3.63) is 0 Å². The molecule has 4 heteroatoms. The fourth-order valence-corrected chi connectivity index (χ4v) is 4.67. The van der Waals surface area contributed by atoms with Gasteiger partial charge in [0, 0.05) is 24.7 Å². The van der Waals surface area contributed by atoms with Crippen LogP contribution in [0.4, 0.5) is 0 Å². The van der Waals surface area contributed by atoms with Gasteiger partial charge in [0.25, 0.3) is 0 Å². The van der Waals surface area contributed by atoms with Crippen molar-refractivity contribution in [1.82, 2.24) is 9.80 Å². The second-order valence-electron chi connectivity index (χ2n) is 6.82. The number of likely N-dealkylation sites (tertiary alicyclic amines) is 1. The summed E-state index contributed by atoms with van der Waals surface area (Å²) in [6.07, 6.45) is 8.17. The molecule has 116 valence electrons. The normalized spacial score (nSPS) is 40.5. The molecule has 2 aliphatic heterocycles. The molecule has 4 nitrogen and oxygen atoms in total. The van der Waals surface area contributed by atoms with Gasteiger partial charge < -0.3 is 15.4 Å². The Labute approximate surface area is 123 Å². The number of nitrogens with two attached hydrogens (primary N) is 1. The average molecular weight is 281 g/mol. The van der Waals surface area contributed by atoms with Gasteiger partial charge in [-0.3, -0.25) is 4.90 Å². The zero-order valence-corrected chi connectivity index (χ0v) is 13.0. The maximum Gasteiger partial charge on any atom is 0.0731 e. The minimum atomic E-state index is 0.237. The lowest BCUT2D eigenvalue weighted by Crippen LogP contribution is -2.63. The second-order valence-corrected chi connectivity index (χ2v) is 6.82. The van der Waals surface area contributed by atoms with Crippen LogP contribution in [0.2, 0.25) is 0 Å². The highest BCUT2D eigenvalue weighted by Gasteiger charge is 2.46. The van der Waals surface area contributed by atoms with Gasteiger partial charge in [-0.15, -0.1) is 0 Å². The van der Waals surface area contributed by atoms with Gasteiger partial charge in [0.1, 0.15) is 0 Å². The molecule has 3 aliphatic rings. The average Bonchev–Trinajstić information content (AvgIpc) is 2.86. The molecule has 20 heavy (non-hydrogen) atoms. The van der Waals surface area contributed by atoms with Crippen molar-refractivity contribution in [2.45, 2.75) is 63.1 Å². The Morgan fingerprint density at radius 3 is 2.85 bits per heavy atom. The SMILES string of the molecule is CCN1CCCC(CN)(N2CCOC3CCCC32)CC1. The van der Waals surface area contributed by atoms with E-state index < -0.39 is 0 Å². The van der Waals surface area contributed by atoms with Gasteiger partial charge in [-0.2, -0.15) is 0 Å². The van der Waals surface area contributed by atoms with E-state index in [2.05, 4.69) is 16.7 Å². The summed E-state index contributed by atoms with van der Waals surface area (Å²) in [5.41, 5.74) is 6.54. The minimum Gasteiger partial charge on any atom is -0.375 e. The number of hydrogen-bond donors (Lipinski definition) is 1. The molecule has 2 saturated heterocycles. The summed E-state index contributed by atoms with van der Waals surface area (Å²) in [6.45, 7) is 8.71. The van der Waals surface area contributed by atoms with Crippen LogP contribution in [0.25, 0.3) is 0 Å². The topological polar surface area (TPSA) is 41.7 Å². The third-order valence-corrected chi connectivity index (χ3v) is 5.93. The lowest BCUT2D eigenvalue weighted by atomic mass is 9.86. The Kier molecular flexibility index (Phi) is 4.65. The summed E-state index contributed by atoms with van der Waals surface area (Å²) < 4.78 is 5.99. The number of hydrogen-bond acceptors (Lipinski definition) is 4. The number of rotatable bonds is 3. The number of morpholine rings is 1. The van der Waals surface area contributed by atoms with E-state index in [0.717, 1.165) is 19.7 Å².